The predicted molar refractivity (Wildman–Crippen MR) is 135 cm³/mol. The molecule has 2 aromatic carbocycles. The largest absolute Gasteiger partial charge is 0.456 e. The average molecular weight is 466 g/mol. The molecule has 7 heteroatoms. The number of aromatic amines is 1. The topological polar surface area (TPSA) is 92.5 Å². The Morgan fingerprint density at radius 2 is 1.56 bits per heavy atom. The Labute approximate surface area is 201 Å². The monoisotopic (exact) mass is 465 g/mol. The number of aromatic nitrogens is 1. The lowest BCUT2D eigenvalue weighted by Gasteiger charge is -2.24. The number of alkyl carbamates (subject to hydrolysis) is 1. The van der Waals surface area contributed by atoms with Crippen molar-refractivity contribution < 1.29 is 19.1 Å². The summed E-state index contributed by atoms with van der Waals surface area (Å²) in [5.74, 6) is -0.358. The molecule has 0 aliphatic carbocycles. The van der Waals surface area contributed by atoms with Crippen LogP contribution >= 0.6 is 0 Å². The highest BCUT2D eigenvalue weighted by atomic mass is 16.6. The Kier molecular flexibility index (Phi) is 7.54. The molecule has 0 aliphatic rings. The standard InChI is InChI=1S/C27H35N3O4/c1-26(2,3)33-24(31)18-11-13-20(14-12-18)28-17-21(30-25(32)34-27(4,5)6)15-19-16-29-23-10-8-7-9-22(19)23/h7-14,16,21,28-29H,15,17H2,1-6H3,(H,30,32). The molecule has 0 spiro atoms. The van der Waals surface area contributed by atoms with Gasteiger partial charge in [0.05, 0.1) is 11.6 Å². The van der Waals surface area contributed by atoms with E-state index in [2.05, 4.69) is 21.7 Å². The second-order valence-corrected chi connectivity index (χ2v) is 10.4. The summed E-state index contributed by atoms with van der Waals surface area (Å²) >= 11 is 0. The van der Waals surface area contributed by atoms with Gasteiger partial charge in [0.2, 0.25) is 0 Å². The molecule has 1 atom stereocenters. The summed E-state index contributed by atoms with van der Waals surface area (Å²) in [6, 6.07) is 15.0. The van der Waals surface area contributed by atoms with Crippen LogP contribution in [0.2, 0.25) is 0 Å². The molecule has 0 aliphatic heterocycles. The Morgan fingerprint density at radius 3 is 2.21 bits per heavy atom. The third kappa shape index (κ3) is 7.54. The van der Waals surface area contributed by atoms with Crippen molar-refractivity contribution in [2.24, 2.45) is 0 Å². The molecule has 1 amide bonds. The molecule has 0 saturated heterocycles. The number of hydrogen-bond donors (Lipinski definition) is 3. The van der Waals surface area contributed by atoms with E-state index in [9.17, 15) is 9.59 Å². The van der Waals surface area contributed by atoms with Crippen LogP contribution in [0.25, 0.3) is 10.9 Å². The second-order valence-electron chi connectivity index (χ2n) is 10.4. The summed E-state index contributed by atoms with van der Waals surface area (Å²) in [5.41, 5.74) is 2.36. The van der Waals surface area contributed by atoms with Crippen LogP contribution in [0.15, 0.2) is 54.7 Å². The summed E-state index contributed by atoms with van der Waals surface area (Å²) in [7, 11) is 0. The fourth-order valence-electron chi connectivity index (χ4n) is 3.52. The van der Waals surface area contributed by atoms with Crippen LogP contribution in [-0.2, 0) is 15.9 Å². The average Bonchev–Trinajstić information content (AvgIpc) is 3.12. The van der Waals surface area contributed by atoms with E-state index in [0.717, 1.165) is 22.2 Å². The van der Waals surface area contributed by atoms with Crippen LogP contribution in [0, 0.1) is 0 Å². The van der Waals surface area contributed by atoms with Crippen molar-refractivity contribution >= 4 is 28.7 Å². The van der Waals surface area contributed by atoms with Gasteiger partial charge in [0, 0.05) is 29.3 Å². The van der Waals surface area contributed by atoms with Crippen molar-refractivity contribution in [2.45, 2.75) is 65.2 Å². The zero-order chi connectivity index (χ0) is 24.9. The molecule has 182 valence electrons. The van der Waals surface area contributed by atoms with Crippen molar-refractivity contribution in [1.29, 1.82) is 0 Å². The molecule has 1 unspecified atom stereocenters. The van der Waals surface area contributed by atoms with E-state index >= 15 is 0 Å². The minimum atomic E-state index is -0.583. The van der Waals surface area contributed by atoms with Crippen LogP contribution in [0.5, 0.6) is 0 Å². The van der Waals surface area contributed by atoms with Gasteiger partial charge in [-0.1, -0.05) is 18.2 Å². The number of benzene rings is 2. The summed E-state index contributed by atoms with van der Waals surface area (Å²) in [5, 5.41) is 7.47. The first-order valence-electron chi connectivity index (χ1n) is 11.5. The summed E-state index contributed by atoms with van der Waals surface area (Å²) in [4.78, 5) is 28.0. The number of H-pyrrole nitrogens is 1. The first kappa shape index (κ1) is 25.1. The summed E-state index contributed by atoms with van der Waals surface area (Å²) in [6.45, 7) is 11.5. The first-order chi connectivity index (χ1) is 15.9. The second kappa shape index (κ2) is 10.2. The number of amides is 1. The van der Waals surface area contributed by atoms with Gasteiger partial charge in [-0.2, -0.15) is 0 Å². The maximum absolute atomic E-state index is 12.5. The Balaban J connectivity index is 1.69. The predicted octanol–water partition coefficient (Wildman–Crippen LogP) is 5.67. The lowest BCUT2D eigenvalue weighted by molar-refractivity contribution is 0.00692. The minimum absolute atomic E-state index is 0.223. The smallest absolute Gasteiger partial charge is 0.407 e. The summed E-state index contributed by atoms with van der Waals surface area (Å²) < 4.78 is 10.9. The van der Waals surface area contributed by atoms with Crippen LogP contribution in [0.3, 0.4) is 0 Å². The van der Waals surface area contributed by atoms with Crippen molar-refractivity contribution in [2.75, 3.05) is 11.9 Å². The van der Waals surface area contributed by atoms with Crippen molar-refractivity contribution in [1.82, 2.24) is 10.3 Å². The van der Waals surface area contributed by atoms with Crippen molar-refractivity contribution in [3.05, 3.63) is 65.9 Å². The van der Waals surface area contributed by atoms with Gasteiger partial charge < -0.3 is 25.1 Å². The van der Waals surface area contributed by atoms with Gasteiger partial charge in [-0.15, -0.1) is 0 Å². The molecule has 0 saturated carbocycles. The van der Waals surface area contributed by atoms with E-state index < -0.39 is 17.3 Å². The molecule has 3 N–H and O–H groups in total. The highest BCUT2D eigenvalue weighted by Crippen LogP contribution is 2.20. The van der Waals surface area contributed by atoms with E-state index in [1.165, 1.54) is 0 Å². The van der Waals surface area contributed by atoms with E-state index in [1.807, 2.05) is 78.1 Å². The highest BCUT2D eigenvalue weighted by molar-refractivity contribution is 5.90. The minimum Gasteiger partial charge on any atom is -0.456 e. The van der Waals surface area contributed by atoms with Gasteiger partial charge in [-0.3, -0.25) is 0 Å². The third-order valence-corrected chi connectivity index (χ3v) is 4.93. The van der Waals surface area contributed by atoms with Crippen LogP contribution in [0.4, 0.5) is 10.5 Å². The fourth-order valence-corrected chi connectivity index (χ4v) is 3.52. The maximum Gasteiger partial charge on any atom is 0.407 e. The van der Waals surface area contributed by atoms with Gasteiger partial charge >= 0.3 is 12.1 Å². The molecule has 34 heavy (non-hydrogen) atoms. The van der Waals surface area contributed by atoms with Crippen LogP contribution < -0.4 is 10.6 Å². The molecule has 1 heterocycles. The number of hydrogen-bond acceptors (Lipinski definition) is 5. The number of fused-ring (bicyclic) bond motifs is 1. The van der Waals surface area contributed by atoms with Gasteiger partial charge in [0.1, 0.15) is 11.2 Å². The highest BCUT2D eigenvalue weighted by Gasteiger charge is 2.21. The zero-order valence-corrected chi connectivity index (χ0v) is 20.8. The van der Waals surface area contributed by atoms with Crippen LogP contribution in [-0.4, -0.2) is 40.8 Å². The third-order valence-electron chi connectivity index (χ3n) is 4.93. The van der Waals surface area contributed by atoms with E-state index in [1.54, 1.807) is 12.1 Å². The van der Waals surface area contributed by atoms with E-state index in [-0.39, 0.29) is 12.0 Å². The Morgan fingerprint density at radius 1 is 0.912 bits per heavy atom. The molecule has 3 rings (SSSR count). The van der Waals surface area contributed by atoms with E-state index in [0.29, 0.717) is 18.5 Å². The van der Waals surface area contributed by atoms with E-state index in [4.69, 9.17) is 9.47 Å². The number of nitrogens with one attached hydrogen (secondary N) is 3. The quantitative estimate of drug-likeness (QED) is 0.391. The SMILES string of the molecule is CC(C)(C)OC(=O)NC(CNc1ccc(C(=O)OC(C)(C)C)cc1)Cc1c[nH]c2ccccc12. The number of carbonyl (C=O) groups is 2. The van der Waals surface area contributed by atoms with Gasteiger partial charge in [-0.25, -0.2) is 9.59 Å². The number of ether oxygens (including phenoxy) is 2. The van der Waals surface area contributed by atoms with Gasteiger partial charge in [0.25, 0.3) is 0 Å². The lowest BCUT2D eigenvalue weighted by Crippen LogP contribution is -2.43. The molecule has 0 fully saturated rings. The van der Waals surface area contributed by atoms with Gasteiger partial charge in [-0.05, 0) is 83.9 Å². The zero-order valence-electron chi connectivity index (χ0n) is 20.8. The lowest BCUT2D eigenvalue weighted by atomic mass is 10.0. The molecule has 0 radical (unpaired) electrons. The maximum atomic E-state index is 12.5. The molecule has 7 nitrogen and oxygen atoms in total. The molecular formula is C27H35N3O4. The Hall–Kier alpha value is -3.48. The molecule has 1 aromatic heterocycles. The van der Waals surface area contributed by atoms with Gasteiger partial charge in [0.15, 0.2) is 0 Å². The molecule has 0 bridgehead atoms. The molecule has 3 aromatic rings. The number of carbonyl (C=O) groups excluding carboxylic acids is 2. The first-order valence-corrected chi connectivity index (χ1v) is 11.5. The fraction of sp³-hybridized carbons (Fsp3) is 0.407. The Bertz CT molecular complexity index is 1120. The van der Waals surface area contributed by atoms with Crippen molar-refractivity contribution in [3.8, 4) is 0 Å². The molecular weight excluding hydrogens is 430 g/mol. The van der Waals surface area contributed by atoms with Crippen LogP contribution in [0.1, 0.15) is 57.5 Å². The summed E-state index contributed by atoms with van der Waals surface area (Å²) in [6.07, 6.45) is 2.13. The number of anilines is 1. The number of esters is 1. The normalized spacial score (nSPS) is 12.8. The number of para-hydroxylation sites is 1. The number of rotatable bonds is 7. The van der Waals surface area contributed by atoms with Crippen molar-refractivity contribution in [3.63, 3.8) is 0 Å².